The van der Waals surface area contributed by atoms with Crippen LogP contribution < -0.4 is 0 Å². The fourth-order valence-electron chi connectivity index (χ4n) is 3.25. The number of aromatic amines is 1. The Kier molecular flexibility index (Phi) is 3.96. The highest BCUT2D eigenvalue weighted by Crippen LogP contribution is 2.38. The van der Waals surface area contributed by atoms with Gasteiger partial charge in [0, 0.05) is 24.0 Å². The molecule has 10 heteroatoms. The van der Waals surface area contributed by atoms with Gasteiger partial charge in [-0.2, -0.15) is 0 Å². The van der Waals surface area contributed by atoms with E-state index in [-0.39, 0.29) is 11.7 Å². The smallest absolute Gasteiger partial charge is 0.283 e. The average Bonchev–Trinajstić information content (AvgIpc) is 3.38. The van der Waals surface area contributed by atoms with Gasteiger partial charge in [-0.1, -0.05) is 11.6 Å². The molecule has 4 heterocycles. The molecule has 0 unspecified atom stereocenters. The average molecular weight is 420 g/mol. The lowest BCUT2D eigenvalue weighted by atomic mass is 10.0. The molecule has 0 bridgehead atoms. The van der Waals surface area contributed by atoms with Crippen molar-refractivity contribution in [3.63, 3.8) is 0 Å². The van der Waals surface area contributed by atoms with Gasteiger partial charge in [0.15, 0.2) is 5.01 Å². The van der Waals surface area contributed by atoms with E-state index in [0.29, 0.717) is 33.7 Å². The van der Waals surface area contributed by atoms with Crippen molar-refractivity contribution in [1.82, 2.24) is 24.8 Å². The molecule has 27 heavy (non-hydrogen) atoms. The van der Waals surface area contributed by atoms with E-state index >= 15 is 0 Å². The van der Waals surface area contributed by atoms with E-state index < -0.39 is 6.04 Å². The number of nitrogens with zero attached hydrogens (tertiary/aromatic N) is 4. The highest BCUT2D eigenvalue weighted by molar-refractivity contribution is 7.18. The number of halogens is 2. The first-order valence-corrected chi connectivity index (χ1v) is 10.2. The van der Waals surface area contributed by atoms with Crippen LogP contribution in [-0.4, -0.2) is 37.3 Å². The Labute approximate surface area is 165 Å². The molecule has 1 amide bonds. The van der Waals surface area contributed by atoms with Gasteiger partial charge in [-0.3, -0.25) is 4.79 Å². The first-order chi connectivity index (χ1) is 13.1. The molecule has 6 nitrogen and oxygen atoms in total. The van der Waals surface area contributed by atoms with E-state index in [4.69, 9.17) is 11.6 Å². The van der Waals surface area contributed by atoms with Crippen LogP contribution in [0.4, 0.5) is 4.39 Å². The summed E-state index contributed by atoms with van der Waals surface area (Å²) in [6.07, 6.45) is 2.29. The number of H-pyrrole nitrogens is 1. The molecule has 3 aromatic heterocycles. The van der Waals surface area contributed by atoms with Crippen LogP contribution in [0, 0.1) is 5.82 Å². The van der Waals surface area contributed by atoms with E-state index in [1.807, 2.05) is 0 Å². The highest BCUT2D eigenvalue weighted by Gasteiger charge is 2.37. The molecule has 1 aromatic carbocycles. The van der Waals surface area contributed by atoms with Gasteiger partial charge < -0.3 is 9.88 Å². The van der Waals surface area contributed by atoms with Crippen LogP contribution in [0.5, 0.6) is 0 Å². The second kappa shape index (κ2) is 6.36. The van der Waals surface area contributed by atoms with Crippen LogP contribution in [0.1, 0.15) is 32.2 Å². The fourth-order valence-corrected chi connectivity index (χ4v) is 5.26. The molecule has 1 aliphatic heterocycles. The Hall–Kier alpha value is -2.36. The minimum absolute atomic E-state index is 0.212. The number of carbonyl (C=O) groups is 1. The third-order valence-electron chi connectivity index (χ3n) is 4.45. The lowest BCUT2D eigenvalue weighted by Crippen LogP contribution is -2.40. The lowest BCUT2D eigenvalue weighted by molar-refractivity contribution is 0.0690. The van der Waals surface area contributed by atoms with Crippen LogP contribution in [0.25, 0.3) is 10.2 Å². The summed E-state index contributed by atoms with van der Waals surface area (Å²) in [4.78, 5) is 31.1. The van der Waals surface area contributed by atoms with Crippen LogP contribution in [-0.2, 0) is 6.42 Å². The molecule has 1 atom stereocenters. The quantitative estimate of drug-likeness (QED) is 0.531. The van der Waals surface area contributed by atoms with Crippen molar-refractivity contribution in [2.24, 2.45) is 0 Å². The van der Waals surface area contributed by atoms with Gasteiger partial charge in [-0.05, 0) is 18.2 Å². The first-order valence-electron chi connectivity index (χ1n) is 8.10. The number of benzene rings is 1. The normalized spacial score (nSPS) is 16.7. The zero-order valence-electron chi connectivity index (χ0n) is 13.6. The fraction of sp³-hybridized carbons (Fsp3) is 0.176. The van der Waals surface area contributed by atoms with Crippen LogP contribution >= 0.6 is 34.3 Å². The van der Waals surface area contributed by atoms with E-state index in [1.54, 1.807) is 22.7 Å². The lowest BCUT2D eigenvalue weighted by Gasteiger charge is -2.33. The standard InChI is InChI=1S/C17H11ClFN5OS2/c18-12-6-26-16(23-12)17(25)24-4-3-10-13(21-7-20-10)14(24)15-22-9-2-1-8(19)5-11(9)27-15/h1-2,5-7,14H,3-4H2,(H,20,21)/t14-/m0/s1. The summed E-state index contributed by atoms with van der Waals surface area (Å²) in [7, 11) is 0. The second-order valence-electron chi connectivity index (χ2n) is 6.06. The van der Waals surface area contributed by atoms with Gasteiger partial charge in [0.25, 0.3) is 5.91 Å². The number of thiazole rings is 2. The Morgan fingerprint density at radius 2 is 2.26 bits per heavy atom. The van der Waals surface area contributed by atoms with E-state index in [2.05, 4.69) is 19.9 Å². The number of nitrogens with one attached hydrogen (secondary N) is 1. The van der Waals surface area contributed by atoms with E-state index in [1.165, 1.54) is 34.8 Å². The topological polar surface area (TPSA) is 74.8 Å². The van der Waals surface area contributed by atoms with Gasteiger partial charge >= 0.3 is 0 Å². The number of carbonyl (C=O) groups excluding carboxylic acids is 1. The van der Waals surface area contributed by atoms with Crippen molar-refractivity contribution in [3.8, 4) is 0 Å². The monoisotopic (exact) mass is 419 g/mol. The predicted octanol–water partition coefficient (Wildman–Crippen LogP) is 4.06. The van der Waals surface area contributed by atoms with Crippen molar-refractivity contribution in [1.29, 1.82) is 0 Å². The van der Waals surface area contributed by atoms with Gasteiger partial charge in [0.05, 0.1) is 22.2 Å². The van der Waals surface area contributed by atoms with Crippen molar-refractivity contribution in [2.75, 3.05) is 6.54 Å². The Bertz CT molecular complexity index is 1170. The molecule has 0 spiro atoms. The molecule has 1 N–H and O–H groups in total. The van der Waals surface area contributed by atoms with Crippen LogP contribution in [0.15, 0.2) is 29.9 Å². The largest absolute Gasteiger partial charge is 0.348 e. The Balaban J connectivity index is 1.63. The number of hydrogen-bond acceptors (Lipinski definition) is 6. The summed E-state index contributed by atoms with van der Waals surface area (Å²) in [5, 5.41) is 2.96. The Morgan fingerprint density at radius 1 is 1.37 bits per heavy atom. The molecule has 0 aliphatic carbocycles. The molecular weight excluding hydrogens is 409 g/mol. The summed E-state index contributed by atoms with van der Waals surface area (Å²) >= 11 is 8.47. The third kappa shape index (κ3) is 2.82. The van der Waals surface area contributed by atoms with Crippen LogP contribution in [0.2, 0.25) is 5.15 Å². The van der Waals surface area contributed by atoms with E-state index in [9.17, 15) is 9.18 Å². The SMILES string of the molecule is O=C(c1nc(Cl)cs1)N1CCc2[nH]cnc2[C@H]1c1nc2ccc(F)cc2s1. The maximum Gasteiger partial charge on any atom is 0.283 e. The zero-order chi connectivity index (χ0) is 18.5. The van der Waals surface area contributed by atoms with Crippen molar-refractivity contribution < 1.29 is 9.18 Å². The maximum atomic E-state index is 13.6. The summed E-state index contributed by atoms with van der Waals surface area (Å²) < 4.78 is 14.3. The number of aromatic nitrogens is 4. The number of rotatable bonds is 2. The van der Waals surface area contributed by atoms with Crippen LogP contribution in [0.3, 0.4) is 0 Å². The van der Waals surface area contributed by atoms with Gasteiger partial charge in [0.1, 0.15) is 22.0 Å². The maximum absolute atomic E-state index is 13.6. The number of hydrogen-bond donors (Lipinski definition) is 1. The number of fused-ring (bicyclic) bond motifs is 2. The molecule has 5 rings (SSSR count). The Morgan fingerprint density at radius 3 is 3.07 bits per heavy atom. The van der Waals surface area contributed by atoms with Crippen molar-refractivity contribution in [2.45, 2.75) is 12.5 Å². The van der Waals surface area contributed by atoms with Gasteiger partial charge in [0.2, 0.25) is 0 Å². The molecule has 0 saturated carbocycles. The molecule has 0 fully saturated rings. The third-order valence-corrected chi connectivity index (χ3v) is 6.67. The molecule has 136 valence electrons. The minimum Gasteiger partial charge on any atom is -0.348 e. The number of amides is 1. The molecular formula is C17H11ClFN5OS2. The molecule has 0 saturated heterocycles. The molecule has 4 aromatic rings. The summed E-state index contributed by atoms with van der Waals surface area (Å²) in [6.45, 7) is 0.500. The minimum atomic E-state index is -0.448. The highest BCUT2D eigenvalue weighted by atomic mass is 35.5. The van der Waals surface area contributed by atoms with E-state index in [0.717, 1.165) is 16.1 Å². The predicted molar refractivity (Wildman–Crippen MR) is 102 cm³/mol. The zero-order valence-corrected chi connectivity index (χ0v) is 16.0. The van der Waals surface area contributed by atoms with Crippen molar-refractivity contribution >= 4 is 50.4 Å². The van der Waals surface area contributed by atoms with Gasteiger partial charge in [-0.15, -0.1) is 22.7 Å². The summed E-state index contributed by atoms with van der Waals surface area (Å²) in [6, 6.07) is 4.03. The second-order valence-corrected chi connectivity index (χ2v) is 8.36. The molecule has 0 radical (unpaired) electrons. The summed E-state index contributed by atoms with van der Waals surface area (Å²) in [5.41, 5.74) is 2.44. The number of imidazole rings is 1. The van der Waals surface area contributed by atoms with Gasteiger partial charge in [-0.25, -0.2) is 19.3 Å². The van der Waals surface area contributed by atoms with Crippen molar-refractivity contribution in [3.05, 3.63) is 62.3 Å². The first kappa shape index (κ1) is 16.8. The summed E-state index contributed by atoms with van der Waals surface area (Å²) in [5.74, 6) is -0.525. The molecule has 1 aliphatic rings.